The largest absolute Gasteiger partial charge is 0.405 e. The summed E-state index contributed by atoms with van der Waals surface area (Å²) in [4.78, 5) is 20.0. The van der Waals surface area contributed by atoms with Crippen LogP contribution in [0.1, 0.15) is 10.4 Å². The number of carbonyl (C=O) groups excluding carboxylic acids is 1. The standard InChI is InChI=1S/C23H19F4N7O/c1-34-22(31-16-8-6-13(7-9-16)17-10-11-29-19(28)18(17)24)32-20(33-34)14-2-4-15(5-3-14)21(35)30-12-23(25,26)27/h2-11H,12H2,1H3,(H2,28,29)(H,30,35)(H,31,32,33). The summed E-state index contributed by atoms with van der Waals surface area (Å²) in [5.41, 5.74) is 7.82. The highest BCUT2D eigenvalue weighted by atomic mass is 19.4. The highest BCUT2D eigenvalue weighted by Gasteiger charge is 2.27. The molecule has 0 aliphatic rings. The number of aromatic nitrogens is 4. The van der Waals surface area contributed by atoms with E-state index in [4.69, 9.17) is 5.73 Å². The molecule has 0 radical (unpaired) electrons. The quantitative estimate of drug-likeness (QED) is 0.351. The summed E-state index contributed by atoms with van der Waals surface area (Å²) in [5, 5.41) is 9.26. The van der Waals surface area contributed by atoms with Crippen molar-refractivity contribution in [3.63, 3.8) is 0 Å². The van der Waals surface area contributed by atoms with Crippen LogP contribution >= 0.6 is 0 Å². The van der Waals surface area contributed by atoms with Gasteiger partial charge >= 0.3 is 6.18 Å². The molecule has 0 saturated heterocycles. The fraction of sp³-hybridized carbons (Fsp3) is 0.130. The maximum atomic E-state index is 14.2. The number of alkyl halides is 3. The normalized spacial score (nSPS) is 11.3. The molecule has 0 saturated carbocycles. The summed E-state index contributed by atoms with van der Waals surface area (Å²) < 4.78 is 52.6. The molecule has 0 bridgehead atoms. The molecular formula is C23H19F4N7O. The van der Waals surface area contributed by atoms with Crippen molar-refractivity contribution in [2.75, 3.05) is 17.6 Å². The number of rotatable bonds is 6. The van der Waals surface area contributed by atoms with Gasteiger partial charge in [-0.15, -0.1) is 5.10 Å². The monoisotopic (exact) mass is 485 g/mol. The van der Waals surface area contributed by atoms with Gasteiger partial charge in [0.15, 0.2) is 17.5 Å². The molecule has 12 heteroatoms. The average Bonchev–Trinajstić information content (AvgIpc) is 3.19. The van der Waals surface area contributed by atoms with E-state index in [9.17, 15) is 22.4 Å². The van der Waals surface area contributed by atoms with Crippen LogP contribution in [0.15, 0.2) is 60.8 Å². The first-order chi connectivity index (χ1) is 16.6. The Balaban J connectivity index is 1.46. The lowest BCUT2D eigenvalue weighted by atomic mass is 10.1. The van der Waals surface area contributed by atoms with Crippen molar-refractivity contribution in [3.05, 3.63) is 72.2 Å². The molecule has 2 aromatic carbocycles. The van der Waals surface area contributed by atoms with Crippen LogP contribution in [0.3, 0.4) is 0 Å². The van der Waals surface area contributed by atoms with E-state index in [-0.39, 0.29) is 11.4 Å². The summed E-state index contributed by atoms with van der Waals surface area (Å²) >= 11 is 0. The Kier molecular flexibility index (Phi) is 6.36. The molecule has 0 unspecified atom stereocenters. The number of amides is 1. The number of hydrogen-bond acceptors (Lipinski definition) is 6. The van der Waals surface area contributed by atoms with Crippen molar-refractivity contribution >= 4 is 23.4 Å². The maximum absolute atomic E-state index is 14.2. The van der Waals surface area contributed by atoms with Gasteiger partial charge in [0.05, 0.1) is 0 Å². The summed E-state index contributed by atoms with van der Waals surface area (Å²) in [6.07, 6.45) is -3.05. The minimum absolute atomic E-state index is 0.0831. The molecular weight excluding hydrogens is 466 g/mol. The second-order valence-electron chi connectivity index (χ2n) is 7.52. The molecule has 2 heterocycles. The topological polar surface area (TPSA) is 111 Å². The number of nitrogen functional groups attached to an aromatic ring is 1. The lowest BCUT2D eigenvalue weighted by molar-refractivity contribution is -0.123. The fourth-order valence-electron chi connectivity index (χ4n) is 3.21. The Morgan fingerprint density at radius 2 is 1.69 bits per heavy atom. The zero-order valence-corrected chi connectivity index (χ0v) is 18.3. The number of nitrogens with two attached hydrogens (primary N) is 1. The zero-order valence-electron chi connectivity index (χ0n) is 18.3. The van der Waals surface area contributed by atoms with Crippen LogP contribution in [0.4, 0.5) is 35.0 Å². The van der Waals surface area contributed by atoms with Crippen LogP contribution in [0, 0.1) is 5.82 Å². The van der Waals surface area contributed by atoms with Gasteiger partial charge in [0.2, 0.25) is 5.95 Å². The van der Waals surface area contributed by atoms with Gasteiger partial charge in [-0.05, 0) is 35.9 Å². The van der Waals surface area contributed by atoms with Crippen LogP contribution in [0.2, 0.25) is 0 Å². The molecule has 4 aromatic rings. The van der Waals surface area contributed by atoms with Crippen molar-refractivity contribution in [2.45, 2.75) is 6.18 Å². The number of hydrogen-bond donors (Lipinski definition) is 3. The molecule has 0 aliphatic carbocycles. The number of pyridine rings is 1. The van der Waals surface area contributed by atoms with Gasteiger partial charge in [-0.3, -0.25) is 4.79 Å². The van der Waals surface area contributed by atoms with Gasteiger partial charge in [0.1, 0.15) is 6.54 Å². The molecule has 0 spiro atoms. The Morgan fingerprint density at radius 1 is 1.03 bits per heavy atom. The molecule has 0 aliphatic heterocycles. The van der Waals surface area contributed by atoms with E-state index in [1.54, 1.807) is 43.4 Å². The smallest absolute Gasteiger partial charge is 0.381 e. The average molecular weight is 485 g/mol. The SMILES string of the molecule is Cn1nc(-c2ccc(C(=O)NCC(F)(F)F)cc2)nc1Nc1ccc(-c2ccnc(N)c2F)cc1. The van der Waals surface area contributed by atoms with Crippen molar-refractivity contribution in [3.8, 4) is 22.5 Å². The predicted molar refractivity (Wildman–Crippen MR) is 122 cm³/mol. The summed E-state index contributed by atoms with van der Waals surface area (Å²) in [5.74, 6) is -0.827. The van der Waals surface area contributed by atoms with Crippen molar-refractivity contribution < 1.29 is 22.4 Å². The Morgan fingerprint density at radius 3 is 2.34 bits per heavy atom. The summed E-state index contributed by atoms with van der Waals surface area (Å²) in [7, 11) is 1.68. The van der Waals surface area contributed by atoms with Gasteiger partial charge in [-0.25, -0.2) is 14.1 Å². The lowest BCUT2D eigenvalue weighted by Crippen LogP contribution is -2.33. The molecule has 0 atom stereocenters. The third-order valence-electron chi connectivity index (χ3n) is 4.99. The Labute approximate surface area is 196 Å². The minimum atomic E-state index is -4.49. The van der Waals surface area contributed by atoms with Crippen LogP contribution in [0.5, 0.6) is 0 Å². The van der Waals surface area contributed by atoms with E-state index < -0.39 is 24.4 Å². The minimum Gasteiger partial charge on any atom is -0.381 e. The first-order valence-corrected chi connectivity index (χ1v) is 10.2. The number of carbonyl (C=O) groups is 1. The van der Waals surface area contributed by atoms with Gasteiger partial charge < -0.3 is 16.4 Å². The summed E-state index contributed by atoms with van der Waals surface area (Å²) in [6.45, 7) is -1.41. The molecule has 1 amide bonds. The fourth-order valence-corrected chi connectivity index (χ4v) is 3.21. The van der Waals surface area contributed by atoms with E-state index in [0.717, 1.165) is 0 Å². The first kappa shape index (κ1) is 23.7. The molecule has 4 rings (SSSR count). The molecule has 8 nitrogen and oxygen atoms in total. The second-order valence-corrected chi connectivity index (χ2v) is 7.52. The van der Waals surface area contributed by atoms with Crippen molar-refractivity contribution in [1.29, 1.82) is 0 Å². The van der Waals surface area contributed by atoms with Crippen LogP contribution in [-0.4, -0.2) is 38.4 Å². The number of nitrogens with zero attached hydrogens (tertiary/aromatic N) is 4. The molecule has 0 fully saturated rings. The molecule has 2 aromatic heterocycles. The summed E-state index contributed by atoms with van der Waals surface area (Å²) in [6, 6.07) is 14.4. The Hall–Kier alpha value is -4.48. The number of anilines is 3. The van der Waals surface area contributed by atoms with Crippen LogP contribution < -0.4 is 16.4 Å². The first-order valence-electron chi connectivity index (χ1n) is 10.2. The van der Waals surface area contributed by atoms with Gasteiger partial charge in [0.25, 0.3) is 5.91 Å². The maximum Gasteiger partial charge on any atom is 0.405 e. The molecule has 180 valence electrons. The van der Waals surface area contributed by atoms with Crippen LogP contribution in [-0.2, 0) is 7.05 Å². The Bertz CT molecular complexity index is 1350. The van der Waals surface area contributed by atoms with E-state index in [2.05, 4.69) is 20.4 Å². The van der Waals surface area contributed by atoms with Gasteiger partial charge in [-0.1, -0.05) is 24.3 Å². The number of aryl methyl sites for hydroxylation is 1. The van der Waals surface area contributed by atoms with E-state index in [1.165, 1.54) is 29.1 Å². The van der Waals surface area contributed by atoms with E-state index in [0.29, 0.717) is 34.2 Å². The van der Waals surface area contributed by atoms with E-state index in [1.807, 2.05) is 5.32 Å². The lowest BCUT2D eigenvalue weighted by Gasteiger charge is -2.08. The third-order valence-corrected chi connectivity index (χ3v) is 4.99. The number of nitrogens with one attached hydrogen (secondary N) is 2. The zero-order chi connectivity index (χ0) is 25.2. The van der Waals surface area contributed by atoms with Crippen molar-refractivity contribution in [2.24, 2.45) is 7.05 Å². The van der Waals surface area contributed by atoms with Gasteiger partial charge in [-0.2, -0.15) is 18.2 Å². The number of halogens is 4. The highest BCUT2D eigenvalue weighted by Crippen LogP contribution is 2.27. The second kappa shape index (κ2) is 9.41. The molecule has 4 N–H and O–H groups in total. The van der Waals surface area contributed by atoms with Gasteiger partial charge in [0, 0.05) is 35.6 Å². The highest BCUT2D eigenvalue weighted by molar-refractivity contribution is 5.94. The third kappa shape index (κ3) is 5.54. The van der Waals surface area contributed by atoms with Crippen molar-refractivity contribution in [1.82, 2.24) is 25.1 Å². The predicted octanol–water partition coefficient (Wildman–Crippen LogP) is 4.30. The molecule has 35 heavy (non-hydrogen) atoms. The van der Waals surface area contributed by atoms with E-state index >= 15 is 0 Å². The number of benzene rings is 2. The van der Waals surface area contributed by atoms with Crippen LogP contribution in [0.25, 0.3) is 22.5 Å².